The van der Waals surface area contributed by atoms with Crippen LogP contribution in [-0.4, -0.2) is 21.8 Å². The average Bonchev–Trinajstić information content (AvgIpc) is 3.49. The van der Waals surface area contributed by atoms with E-state index in [1.54, 1.807) is 7.11 Å². The first kappa shape index (κ1) is 26.6. The summed E-state index contributed by atoms with van der Waals surface area (Å²) in [4.78, 5) is 6.92. The molecule has 0 bridgehead atoms. The number of para-hydroxylation sites is 1. The van der Waals surface area contributed by atoms with E-state index in [0.29, 0.717) is 5.11 Å². The molecular weight excluding hydrogens is 528 g/mol. The zero-order valence-corrected chi connectivity index (χ0v) is 24.4. The number of hydrogen-bond donors (Lipinski definition) is 1. The summed E-state index contributed by atoms with van der Waals surface area (Å²) in [7, 11) is 1.68. The Morgan fingerprint density at radius 2 is 1.49 bits per heavy atom. The standard InChI is InChI=1S/C34H32N4O2S/c1-22-9-5-6-11-31(22)40-28-18-14-26(15-19-28)38-33(32(36-34(38)41)30-10-7-8-20-35-30)29-21-23(2)37(24(29)3)25-12-16-27(39-4)17-13-25/h5-21,32-33H,1-4H3,(H,36,41)/t32-,33-/m1/s1. The van der Waals surface area contributed by atoms with Crippen molar-refractivity contribution in [3.8, 4) is 22.9 Å². The Hall–Kier alpha value is -4.62. The molecule has 7 heteroatoms. The summed E-state index contributed by atoms with van der Waals surface area (Å²) in [5.41, 5.74) is 7.57. The van der Waals surface area contributed by atoms with Crippen LogP contribution in [0.2, 0.25) is 0 Å². The molecule has 6 nitrogen and oxygen atoms in total. The highest BCUT2D eigenvalue weighted by Gasteiger charge is 2.42. The van der Waals surface area contributed by atoms with Gasteiger partial charge in [0.2, 0.25) is 0 Å². The third-order valence-corrected chi connectivity index (χ3v) is 7.97. The molecule has 2 atom stereocenters. The molecule has 0 saturated carbocycles. The third-order valence-electron chi connectivity index (χ3n) is 7.65. The van der Waals surface area contributed by atoms with E-state index in [0.717, 1.165) is 51.3 Å². The van der Waals surface area contributed by atoms with Crippen LogP contribution < -0.4 is 19.7 Å². The van der Waals surface area contributed by atoms with E-state index >= 15 is 0 Å². The lowest BCUT2D eigenvalue weighted by atomic mass is 9.96. The Kier molecular flexibility index (Phi) is 7.20. The Morgan fingerprint density at radius 1 is 0.805 bits per heavy atom. The lowest BCUT2D eigenvalue weighted by Gasteiger charge is -2.28. The molecule has 6 rings (SSSR count). The fourth-order valence-electron chi connectivity index (χ4n) is 5.64. The summed E-state index contributed by atoms with van der Waals surface area (Å²) in [5.74, 6) is 2.45. The summed E-state index contributed by atoms with van der Waals surface area (Å²) in [6, 6.07) is 32.3. The van der Waals surface area contributed by atoms with Gasteiger partial charge in [-0.1, -0.05) is 24.3 Å². The van der Waals surface area contributed by atoms with Crippen molar-refractivity contribution in [2.24, 2.45) is 0 Å². The molecule has 0 amide bonds. The average molecular weight is 561 g/mol. The van der Waals surface area contributed by atoms with Gasteiger partial charge >= 0.3 is 0 Å². The van der Waals surface area contributed by atoms with Crippen LogP contribution in [0.25, 0.3) is 5.69 Å². The van der Waals surface area contributed by atoms with Gasteiger partial charge in [-0.3, -0.25) is 4.98 Å². The van der Waals surface area contributed by atoms with Gasteiger partial charge in [-0.2, -0.15) is 0 Å². The van der Waals surface area contributed by atoms with E-state index in [4.69, 9.17) is 26.7 Å². The van der Waals surface area contributed by atoms with Crippen molar-refractivity contribution in [3.63, 3.8) is 0 Å². The smallest absolute Gasteiger partial charge is 0.174 e. The molecule has 1 fully saturated rings. The van der Waals surface area contributed by atoms with Gasteiger partial charge in [-0.25, -0.2) is 0 Å². The number of benzene rings is 3. The molecular formula is C34H32N4O2S. The maximum absolute atomic E-state index is 6.17. The summed E-state index contributed by atoms with van der Waals surface area (Å²) in [5, 5.41) is 4.24. The largest absolute Gasteiger partial charge is 0.497 e. The number of methoxy groups -OCH3 is 1. The fraction of sp³-hybridized carbons (Fsp3) is 0.176. The lowest BCUT2D eigenvalue weighted by Crippen LogP contribution is -2.29. The lowest BCUT2D eigenvalue weighted by molar-refractivity contribution is 0.414. The second kappa shape index (κ2) is 11.1. The Labute approximate surface area is 246 Å². The number of aryl methyl sites for hydroxylation is 2. The minimum absolute atomic E-state index is 0.112. The molecule has 3 heterocycles. The van der Waals surface area contributed by atoms with E-state index in [2.05, 4.69) is 65.0 Å². The van der Waals surface area contributed by atoms with Crippen LogP contribution >= 0.6 is 12.2 Å². The van der Waals surface area contributed by atoms with Gasteiger partial charge in [0.1, 0.15) is 17.2 Å². The van der Waals surface area contributed by atoms with Crippen LogP contribution in [0.4, 0.5) is 5.69 Å². The molecule has 1 aliphatic heterocycles. The molecule has 206 valence electrons. The summed E-state index contributed by atoms with van der Waals surface area (Å²) in [6.45, 7) is 6.35. The van der Waals surface area contributed by atoms with Crippen LogP contribution in [0.3, 0.4) is 0 Å². The third kappa shape index (κ3) is 5.05. The number of rotatable bonds is 7. The number of nitrogens with one attached hydrogen (secondary N) is 1. The van der Waals surface area contributed by atoms with Crippen LogP contribution in [0, 0.1) is 20.8 Å². The van der Waals surface area contributed by atoms with E-state index in [9.17, 15) is 0 Å². The second-order valence-electron chi connectivity index (χ2n) is 10.2. The Bertz CT molecular complexity index is 1680. The highest BCUT2D eigenvalue weighted by molar-refractivity contribution is 7.80. The number of aromatic nitrogens is 2. The Balaban J connectivity index is 1.40. The van der Waals surface area contributed by atoms with E-state index < -0.39 is 0 Å². The zero-order chi connectivity index (χ0) is 28.5. The highest BCUT2D eigenvalue weighted by atomic mass is 32.1. The maximum atomic E-state index is 6.17. The molecule has 0 aliphatic carbocycles. The predicted molar refractivity (Wildman–Crippen MR) is 167 cm³/mol. The number of thiocarbonyl (C=S) groups is 1. The molecule has 1 N–H and O–H groups in total. The minimum atomic E-state index is -0.128. The monoisotopic (exact) mass is 560 g/mol. The zero-order valence-electron chi connectivity index (χ0n) is 23.5. The van der Waals surface area contributed by atoms with Gasteiger partial charge in [-0.05, 0) is 117 Å². The number of anilines is 1. The summed E-state index contributed by atoms with van der Waals surface area (Å²) < 4.78 is 13.8. The summed E-state index contributed by atoms with van der Waals surface area (Å²) in [6.07, 6.45) is 1.83. The molecule has 41 heavy (non-hydrogen) atoms. The van der Waals surface area contributed by atoms with Gasteiger partial charge < -0.3 is 24.3 Å². The molecule has 1 saturated heterocycles. The van der Waals surface area contributed by atoms with Gasteiger partial charge in [0.05, 0.1) is 24.9 Å². The quantitative estimate of drug-likeness (QED) is 0.205. The number of hydrogen-bond acceptors (Lipinski definition) is 4. The Morgan fingerprint density at radius 3 is 2.17 bits per heavy atom. The predicted octanol–water partition coefficient (Wildman–Crippen LogP) is 7.78. The van der Waals surface area contributed by atoms with Crippen molar-refractivity contribution in [1.82, 2.24) is 14.9 Å². The van der Waals surface area contributed by atoms with Crippen molar-refractivity contribution < 1.29 is 9.47 Å². The molecule has 3 aromatic carbocycles. The minimum Gasteiger partial charge on any atom is -0.497 e. The van der Waals surface area contributed by atoms with Crippen LogP contribution in [0.15, 0.2) is 103 Å². The first-order valence-electron chi connectivity index (χ1n) is 13.6. The highest BCUT2D eigenvalue weighted by Crippen LogP contribution is 2.44. The molecule has 5 aromatic rings. The normalized spacial score (nSPS) is 16.5. The van der Waals surface area contributed by atoms with Gasteiger partial charge in [0.15, 0.2) is 5.11 Å². The van der Waals surface area contributed by atoms with Crippen LogP contribution in [0.5, 0.6) is 17.2 Å². The van der Waals surface area contributed by atoms with Crippen molar-refractivity contribution >= 4 is 23.0 Å². The first-order valence-corrected chi connectivity index (χ1v) is 14.0. The van der Waals surface area contributed by atoms with Gasteiger partial charge in [0.25, 0.3) is 0 Å². The SMILES string of the molecule is COc1ccc(-n2c(C)cc([C@@H]3[C@@H](c4ccccn4)NC(=S)N3c3ccc(Oc4ccccc4C)cc3)c2C)cc1. The topological polar surface area (TPSA) is 51.5 Å². The maximum Gasteiger partial charge on any atom is 0.174 e. The van der Waals surface area contributed by atoms with Gasteiger partial charge in [0, 0.05) is 29.0 Å². The van der Waals surface area contributed by atoms with Crippen molar-refractivity contribution in [1.29, 1.82) is 0 Å². The van der Waals surface area contributed by atoms with Gasteiger partial charge in [-0.15, -0.1) is 0 Å². The second-order valence-corrected chi connectivity index (χ2v) is 10.6. The van der Waals surface area contributed by atoms with E-state index in [-0.39, 0.29) is 12.1 Å². The van der Waals surface area contributed by atoms with Crippen molar-refractivity contribution in [2.75, 3.05) is 12.0 Å². The number of pyridine rings is 1. The first-order chi connectivity index (χ1) is 19.9. The molecule has 0 unspecified atom stereocenters. The van der Waals surface area contributed by atoms with E-state index in [1.807, 2.05) is 73.8 Å². The number of ether oxygens (including phenoxy) is 2. The summed E-state index contributed by atoms with van der Waals surface area (Å²) >= 11 is 5.97. The molecule has 0 radical (unpaired) electrons. The molecule has 1 aliphatic rings. The molecule has 2 aromatic heterocycles. The van der Waals surface area contributed by atoms with Crippen molar-refractivity contribution in [3.05, 3.63) is 131 Å². The fourth-order valence-corrected chi connectivity index (χ4v) is 5.98. The van der Waals surface area contributed by atoms with E-state index in [1.165, 1.54) is 5.56 Å². The number of nitrogens with zero attached hydrogens (tertiary/aromatic N) is 3. The van der Waals surface area contributed by atoms with Crippen LogP contribution in [0.1, 0.15) is 40.3 Å². The molecule has 0 spiro atoms. The van der Waals surface area contributed by atoms with Crippen LogP contribution in [-0.2, 0) is 0 Å². The van der Waals surface area contributed by atoms with Crippen molar-refractivity contribution in [2.45, 2.75) is 32.9 Å².